The molecule has 10 heteroatoms. The highest BCUT2D eigenvalue weighted by molar-refractivity contribution is 7.22. The average molecular weight is 496 g/mol. The summed E-state index contributed by atoms with van der Waals surface area (Å²) in [6, 6.07) is 14.5. The van der Waals surface area contributed by atoms with Crippen LogP contribution in [0.5, 0.6) is 23.0 Å². The minimum absolute atomic E-state index is 0.233. The van der Waals surface area contributed by atoms with E-state index in [-0.39, 0.29) is 10.7 Å². The van der Waals surface area contributed by atoms with Crippen LogP contribution in [0.25, 0.3) is 10.2 Å². The number of hydrazone groups is 1. The molecule has 1 amide bonds. The number of hydrogen-bond donors (Lipinski definition) is 0. The van der Waals surface area contributed by atoms with Crippen LogP contribution in [0.3, 0.4) is 0 Å². The average Bonchev–Trinajstić information content (AvgIpc) is 3.30. The van der Waals surface area contributed by atoms with Crippen molar-refractivity contribution in [2.24, 2.45) is 5.10 Å². The lowest BCUT2D eigenvalue weighted by atomic mass is 10.1. The van der Waals surface area contributed by atoms with Crippen molar-refractivity contribution < 1.29 is 28.1 Å². The van der Waals surface area contributed by atoms with Crippen LogP contribution in [0, 0.1) is 5.82 Å². The van der Waals surface area contributed by atoms with Gasteiger partial charge in [0, 0.05) is 5.56 Å². The standard InChI is InChI=1S/C25H22FN3O5S/c1-31-18-8-5-15(6-9-18)14-27-29(25-28-19-10-7-17(26)13-22(19)35-25)24(30)16-11-20(32-2)23(34-4)21(12-16)33-3/h5-14H,1-4H3/b27-14+. The topological polar surface area (TPSA) is 82.5 Å². The van der Waals surface area contributed by atoms with Gasteiger partial charge < -0.3 is 18.9 Å². The number of fused-ring (bicyclic) bond motifs is 1. The van der Waals surface area contributed by atoms with E-state index in [1.54, 1.807) is 37.4 Å². The number of halogens is 1. The second kappa shape index (κ2) is 10.4. The normalized spacial score (nSPS) is 11.0. The van der Waals surface area contributed by atoms with Gasteiger partial charge >= 0.3 is 0 Å². The van der Waals surface area contributed by atoms with Gasteiger partial charge in [-0.15, -0.1) is 0 Å². The fourth-order valence-corrected chi connectivity index (χ4v) is 4.25. The van der Waals surface area contributed by atoms with Crippen LogP contribution in [0.15, 0.2) is 59.7 Å². The Hall–Kier alpha value is -4.18. The minimum Gasteiger partial charge on any atom is -0.497 e. The maximum Gasteiger partial charge on any atom is 0.281 e. The van der Waals surface area contributed by atoms with E-state index < -0.39 is 11.7 Å². The van der Waals surface area contributed by atoms with Gasteiger partial charge in [0.2, 0.25) is 10.9 Å². The number of methoxy groups -OCH3 is 4. The third kappa shape index (κ3) is 5.02. The van der Waals surface area contributed by atoms with E-state index in [9.17, 15) is 9.18 Å². The Kier molecular flexibility index (Phi) is 7.11. The summed E-state index contributed by atoms with van der Waals surface area (Å²) in [4.78, 5) is 18.2. The van der Waals surface area contributed by atoms with Gasteiger partial charge in [-0.1, -0.05) is 11.3 Å². The zero-order valence-corrected chi connectivity index (χ0v) is 20.3. The number of rotatable bonds is 8. The molecule has 0 aliphatic carbocycles. The molecule has 4 aromatic rings. The number of ether oxygens (including phenoxy) is 4. The van der Waals surface area contributed by atoms with Gasteiger partial charge in [0.05, 0.1) is 44.9 Å². The summed E-state index contributed by atoms with van der Waals surface area (Å²) in [5, 5.41) is 5.86. The van der Waals surface area contributed by atoms with Gasteiger partial charge in [-0.3, -0.25) is 4.79 Å². The zero-order valence-electron chi connectivity index (χ0n) is 19.4. The van der Waals surface area contributed by atoms with E-state index in [4.69, 9.17) is 18.9 Å². The fraction of sp³-hybridized carbons (Fsp3) is 0.160. The smallest absolute Gasteiger partial charge is 0.281 e. The summed E-state index contributed by atoms with van der Waals surface area (Å²) in [7, 11) is 5.99. The quantitative estimate of drug-likeness (QED) is 0.248. The molecule has 0 aliphatic rings. The van der Waals surface area contributed by atoms with E-state index >= 15 is 0 Å². The van der Waals surface area contributed by atoms with E-state index in [0.29, 0.717) is 33.2 Å². The molecule has 1 aromatic heterocycles. The Bertz CT molecular complexity index is 1360. The van der Waals surface area contributed by atoms with Crippen LogP contribution < -0.4 is 24.0 Å². The Balaban J connectivity index is 1.79. The zero-order chi connectivity index (χ0) is 24.9. The molecular formula is C25H22FN3O5S. The second-order valence-corrected chi connectivity index (χ2v) is 8.17. The number of thiazole rings is 1. The third-order valence-electron chi connectivity index (χ3n) is 5.06. The molecule has 0 N–H and O–H groups in total. The number of carbonyl (C=O) groups is 1. The summed E-state index contributed by atoms with van der Waals surface area (Å²) < 4.78 is 35.7. The summed E-state index contributed by atoms with van der Waals surface area (Å²) in [5.74, 6) is 0.808. The van der Waals surface area contributed by atoms with Crippen LogP contribution in [-0.4, -0.2) is 45.5 Å². The summed E-state index contributed by atoms with van der Waals surface area (Å²) >= 11 is 1.14. The molecule has 0 bridgehead atoms. The van der Waals surface area contributed by atoms with E-state index in [0.717, 1.165) is 21.9 Å². The molecule has 1 heterocycles. The first kappa shape index (κ1) is 24.0. The molecule has 0 unspecified atom stereocenters. The number of nitrogens with zero attached hydrogens (tertiary/aromatic N) is 3. The van der Waals surface area contributed by atoms with Crippen molar-refractivity contribution in [2.45, 2.75) is 0 Å². The number of carbonyl (C=O) groups excluding carboxylic acids is 1. The van der Waals surface area contributed by atoms with Gasteiger partial charge in [-0.05, 0) is 60.2 Å². The van der Waals surface area contributed by atoms with Crippen LogP contribution >= 0.6 is 11.3 Å². The number of benzene rings is 3. The van der Waals surface area contributed by atoms with Gasteiger partial charge in [-0.2, -0.15) is 10.1 Å². The van der Waals surface area contributed by atoms with E-state index in [1.807, 2.05) is 0 Å². The molecule has 180 valence electrons. The molecule has 3 aromatic carbocycles. The molecule has 0 atom stereocenters. The molecule has 0 radical (unpaired) electrons. The van der Waals surface area contributed by atoms with Gasteiger partial charge in [-0.25, -0.2) is 9.37 Å². The van der Waals surface area contributed by atoms with E-state index in [2.05, 4.69) is 10.1 Å². The van der Waals surface area contributed by atoms with Crippen molar-refractivity contribution in [3.63, 3.8) is 0 Å². The van der Waals surface area contributed by atoms with Crippen LogP contribution in [0.2, 0.25) is 0 Å². The summed E-state index contributed by atoms with van der Waals surface area (Å²) in [6.45, 7) is 0. The highest BCUT2D eigenvalue weighted by Crippen LogP contribution is 2.39. The van der Waals surface area contributed by atoms with Crippen molar-refractivity contribution in [3.05, 3.63) is 71.5 Å². The Labute approximate surface area is 205 Å². The van der Waals surface area contributed by atoms with Crippen molar-refractivity contribution in [1.29, 1.82) is 0 Å². The maximum absolute atomic E-state index is 13.8. The first-order valence-corrected chi connectivity index (χ1v) is 11.2. The molecule has 4 rings (SSSR count). The molecule has 0 saturated heterocycles. The molecule has 0 fully saturated rings. The summed E-state index contributed by atoms with van der Waals surface area (Å²) in [6.07, 6.45) is 1.53. The van der Waals surface area contributed by atoms with E-state index in [1.165, 1.54) is 51.8 Å². The molecular weight excluding hydrogens is 473 g/mol. The Morgan fingerprint density at radius 1 is 0.943 bits per heavy atom. The van der Waals surface area contributed by atoms with Crippen molar-refractivity contribution >= 4 is 38.8 Å². The number of aromatic nitrogens is 1. The van der Waals surface area contributed by atoms with Crippen molar-refractivity contribution in [1.82, 2.24) is 4.98 Å². The SMILES string of the molecule is COc1ccc(/C=N/N(C(=O)c2cc(OC)c(OC)c(OC)c2)c2nc3ccc(F)cc3s2)cc1. The first-order chi connectivity index (χ1) is 17.0. The lowest BCUT2D eigenvalue weighted by molar-refractivity contribution is 0.0987. The fourth-order valence-electron chi connectivity index (χ4n) is 3.31. The van der Waals surface area contributed by atoms with Crippen LogP contribution in [0.1, 0.15) is 15.9 Å². The minimum atomic E-state index is -0.492. The van der Waals surface area contributed by atoms with Crippen LogP contribution in [0.4, 0.5) is 9.52 Å². The third-order valence-corrected chi connectivity index (χ3v) is 6.06. The second-order valence-electron chi connectivity index (χ2n) is 7.16. The largest absolute Gasteiger partial charge is 0.497 e. The first-order valence-electron chi connectivity index (χ1n) is 10.4. The highest BCUT2D eigenvalue weighted by Gasteiger charge is 2.24. The summed E-state index contributed by atoms with van der Waals surface area (Å²) in [5.41, 5.74) is 1.52. The van der Waals surface area contributed by atoms with Gasteiger partial charge in [0.1, 0.15) is 11.6 Å². The monoisotopic (exact) mass is 495 g/mol. The molecule has 0 spiro atoms. The number of anilines is 1. The molecule has 0 aliphatic heterocycles. The van der Waals surface area contributed by atoms with Crippen LogP contribution in [-0.2, 0) is 0 Å². The lowest BCUT2D eigenvalue weighted by Crippen LogP contribution is -2.25. The molecule has 8 nitrogen and oxygen atoms in total. The molecule has 0 saturated carbocycles. The van der Waals surface area contributed by atoms with Crippen molar-refractivity contribution in [3.8, 4) is 23.0 Å². The maximum atomic E-state index is 13.8. The Morgan fingerprint density at radius 3 is 2.23 bits per heavy atom. The number of hydrogen-bond acceptors (Lipinski definition) is 8. The highest BCUT2D eigenvalue weighted by atomic mass is 32.1. The van der Waals surface area contributed by atoms with Gasteiger partial charge in [0.15, 0.2) is 11.5 Å². The lowest BCUT2D eigenvalue weighted by Gasteiger charge is -2.17. The predicted octanol–water partition coefficient (Wildman–Crippen LogP) is 5.15. The van der Waals surface area contributed by atoms with Gasteiger partial charge in [0.25, 0.3) is 5.91 Å². The predicted molar refractivity (Wildman–Crippen MR) is 133 cm³/mol. The number of amides is 1. The molecule has 35 heavy (non-hydrogen) atoms. The van der Waals surface area contributed by atoms with Crippen molar-refractivity contribution in [2.75, 3.05) is 33.4 Å². The Morgan fingerprint density at radius 2 is 1.63 bits per heavy atom.